The molecule has 1 unspecified atom stereocenters. The molecule has 0 bridgehead atoms. The van der Waals surface area contributed by atoms with Crippen molar-refractivity contribution in [3.8, 4) is 0 Å². The number of carbonyl (C=O) groups is 1. The van der Waals surface area contributed by atoms with Gasteiger partial charge in [0.2, 0.25) is 10.0 Å². The van der Waals surface area contributed by atoms with Crippen LogP contribution in [0.25, 0.3) is 0 Å². The molecule has 22 heavy (non-hydrogen) atoms. The normalized spacial score (nSPS) is 22.9. The average Bonchev–Trinajstić information content (AvgIpc) is 2.84. The molecule has 0 radical (unpaired) electrons. The van der Waals surface area contributed by atoms with E-state index in [4.69, 9.17) is 0 Å². The SMILES string of the molecule is C=C1CN(S(=O)(=O)c2ccc(C)cc2)CC1(C=O)CCCC. The summed E-state index contributed by atoms with van der Waals surface area (Å²) in [5.74, 6) is 0. The van der Waals surface area contributed by atoms with Gasteiger partial charge in [0.1, 0.15) is 6.29 Å². The zero-order valence-corrected chi connectivity index (χ0v) is 14.0. The first kappa shape index (κ1) is 16.9. The van der Waals surface area contributed by atoms with E-state index in [9.17, 15) is 13.2 Å². The number of aldehydes is 1. The number of sulfonamides is 1. The predicted molar refractivity (Wildman–Crippen MR) is 87.1 cm³/mol. The van der Waals surface area contributed by atoms with Gasteiger partial charge in [0, 0.05) is 13.1 Å². The standard InChI is InChI=1S/C17H23NO3S/c1-4-5-10-17(13-19)12-18(11-15(17)3)22(20,21)16-8-6-14(2)7-9-16/h6-9,13H,3-5,10-12H2,1-2H3. The Bertz CT molecular complexity index is 664. The van der Waals surface area contributed by atoms with Crippen LogP contribution < -0.4 is 0 Å². The highest BCUT2D eigenvalue weighted by molar-refractivity contribution is 7.89. The lowest BCUT2D eigenvalue weighted by molar-refractivity contribution is -0.114. The summed E-state index contributed by atoms with van der Waals surface area (Å²) >= 11 is 0. The second-order valence-electron chi connectivity index (χ2n) is 6.07. The largest absolute Gasteiger partial charge is 0.302 e. The topological polar surface area (TPSA) is 54.5 Å². The monoisotopic (exact) mass is 321 g/mol. The summed E-state index contributed by atoms with van der Waals surface area (Å²) < 4.78 is 26.9. The fourth-order valence-electron chi connectivity index (χ4n) is 2.81. The summed E-state index contributed by atoms with van der Waals surface area (Å²) in [4.78, 5) is 11.9. The minimum Gasteiger partial charge on any atom is -0.302 e. The number of benzene rings is 1. The van der Waals surface area contributed by atoms with Crippen molar-refractivity contribution < 1.29 is 13.2 Å². The Hall–Kier alpha value is -1.46. The second-order valence-corrected chi connectivity index (χ2v) is 8.01. The maximum atomic E-state index is 12.7. The molecule has 1 aliphatic rings. The van der Waals surface area contributed by atoms with E-state index in [2.05, 4.69) is 13.5 Å². The molecule has 0 aromatic heterocycles. The minimum absolute atomic E-state index is 0.200. The number of nitrogens with zero attached hydrogens (tertiary/aromatic N) is 1. The van der Waals surface area contributed by atoms with Gasteiger partial charge in [-0.1, -0.05) is 44.0 Å². The van der Waals surface area contributed by atoms with Crippen molar-refractivity contribution in [3.63, 3.8) is 0 Å². The lowest BCUT2D eigenvalue weighted by Gasteiger charge is -2.23. The smallest absolute Gasteiger partial charge is 0.243 e. The molecule has 0 saturated carbocycles. The summed E-state index contributed by atoms with van der Waals surface area (Å²) in [6.07, 6.45) is 3.39. The molecule has 5 heteroatoms. The Balaban J connectivity index is 2.29. The number of hydrogen-bond acceptors (Lipinski definition) is 3. The van der Waals surface area contributed by atoms with Crippen LogP contribution in [0.1, 0.15) is 31.7 Å². The van der Waals surface area contributed by atoms with Crippen LogP contribution in [-0.2, 0) is 14.8 Å². The van der Waals surface area contributed by atoms with Crippen molar-refractivity contribution in [2.24, 2.45) is 5.41 Å². The molecule has 1 aromatic carbocycles. The van der Waals surface area contributed by atoms with Gasteiger partial charge in [0.05, 0.1) is 10.3 Å². The molecule has 2 rings (SSSR count). The van der Waals surface area contributed by atoms with E-state index >= 15 is 0 Å². The van der Waals surface area contributed by atoms with Crippen molar-refractivity contribution in [1.29, 1.82) is 0 Å². The maximum Gasteiger partial charge on any atom is 0.243 e. The minimum atomic E-state index is -3.58. The quantitative estimate of drug-likeness (QED) is 0.598. The van der Waals surface area contributed by atoms with Crippen LogP contribution in [-0.4, -0.2) is 32.1 Å². The van der Waals surface area contributed by atoms with E-state index in [0.29, 0.717) is 12.0 Å². The summed E-state index contributed by atoms with van der Waals surface area (Å²) in [6, 6.07) is 6.78. The van der Waals surface area contributed by atoms with E-state index in [-0.39, 0.29) is 18.0 Å². The van der Waals surface area contributed by atoms with Crippen LogP contribution in [0.2, 0.25) is 0 Å². The number of rotatable bonds is 6. The average molecular weight is 321 g/mol. The second kappa shape index (κ2) is 6.34. The third-order valence-corrected chi connectivity index (χ3v) is 6.20. The molecular formula is C17H23NO3S. The first-order chi connectivity index (χ1) is 10.4. The lowest BCUT2D eigenvalue weighted by Crippen LogP contribution is -2.33. The summed E-state index contributed by atoms with van der Waals surface area (Å²) in [5, 5.41) is 0. The third kappa shape index (κ3) is 3.01. The van der Waals surface area contributed by atoms with Crippen molar-refractivity contribution in [2.75, 3.05) is 13.1 Å². The summed E-state index contributed by atoms with van der Waals surface area (Å²) in [7, 11) is -3.58. The number of aryl methyl sites for hydroxylation is 1. The van der Waals surface area contributed by atoms with Crippen molar-refractivity contribution in [2.45, 2.75) is 38.0 Å². The Morgan fingerprint density at radius 1 is 1.32 bits per heavy atom. The van der Waals surface area contributed by atoms with Crippen LogP contribution in [0.4, 0.5) is 0 Å². The summed E-state index contributed by atoms with van der Waals surface area (Å²) in [6.45, 7) is 8.35. The maximum absolute atomic E-state index is 12.7. The van der Waals surface area contributed by atoms with Gasteiger partial charge in [-0.25, -0.2) is 8.42 Å². The van der Waals surface area contributed by atoms with Crippen LogP contribution >= 0.6 is 0 Å². The van der Waals surface area contributed by atoms with Gasteiger partial charge in [-0.15, -0.1) is 0 Å². The molecule has 0 spiro atoms. The van der Waals surface area contributed by atoms with Gasteiger partial charge < -0.3 is 4.79 Å². The van der Waals surface area contributed by atoms with E-state index < -0.39 is 15.4 Å². The molecule has 1 fully saturated rings. The van der Waals surface area contributed by atoms with Crippen molar-refractivity contribution in [3.05, 3.63) is 42.0 Å². The molecular weight excluding hydrogens is 298 g/mol. The molecule has 4 nitrogen and oxygen atoms in total. The van der Waals surface area contributed by atoms with Crippen LogP contribution in [0.5, 0.6) is 0 Å². The number of carbonyl (C=O) groups excluding carboxylic acids is 1. The van der Waals surface area contributed by atoms with Gasteiger partial charge >= 0.3 is 0 Å². The zero-order valence-electron chi connectivity index (χ0n) is 13.2. The van der Waals surface area contributed by atoms with Crippen molar-refractivity contribution in [1.82, 2.24) is 4.31 Å². The highest BCUT2D eigenvalue weighted by atomic mass is 32.2. The lowest BCUT2D eigenvalue weighted by atomic mass is 9.80. The molecule has 1 saturated heterocycles. The molecule has 1 heterocycles. The van der Waals surface area contributed by atoms with Crippen molar-refractivity contribution >= 4 is 16.3 Å². The van der Waals surface area contributed by atoms with Gasteiger partial charge in [0.15, 0.2) is 0 Å². The zero-order chi connectivity index (χ0) is 16.4. The first-order valence-corrected chi connectivity index (χ1v) is 9.01. The van der Waals surface area contributed by atoms with E-state index in [1.165, 1.54) is 4.31 Å². The third-order valence-electron chi connectivity index (χ3n) is 4.39. The van der Waals surface area contributed by atoms with Gasteiger partial charge in [-0.3, -0.25) is 0 Å². The highest BCUT2D eigenvalue weighted by Crippen LogP contribution is 2.39. The fourth-order valence-corrected chi connectivity index (χ4v) is 4.31. The fraction of sp³-hybridized carbons (Fsp3) is 0.471. The van der Waals surface area contributed by atoms with Crippen LogP contribution in [0, 0.1) is 12.3 Å². The van der Waals surface area contributed by atoms with Crippen LogP contribution in [0.3, 0.4) is 0 Å². The number of hydrogen-bond donors (Lipinski definition) is 0. The van der Waals surface area contributed by atoms with Gasteiger partial charge in [-0.05, 0) is 31.1 Å². The Morgan fingerprint density at radius 3 is 2.50 bits per heavy atom. The molecule has 0 aliphatic carbocycles. The molecule has 1 aromatic rings. The first-order valence-electron chi connectivity index (χ1n) is 7.57. The Kier molecular flexibility index (Phi) is 4.87. The van der Waals surface area contributed by atoms with Gasteiger partial charge in [0.25, 0.3) is 0 Å². The Morgan fingerprint density at radius 2 is 1.95 bits per heavy atom. The van der Waals surface area contributed by atoms with Crippen LogP contribution in [0.15, 0.2) is 41.3 Å². The highest BCUT2D eigenvalue weighted by Gasteiger charge is 2.45. The van der Waals surface area contributed by atoms with E-state index in [1.54, 1.807) is 24.3 Å². The Labute approximate surface area is 132 Å². The molecule has 120 valence electrons. The van der Waals surface area contributed by atoms with E-state index in [0.717, 1.165) is 24.7 Å². The van der Waals surface area contributed by atoms with Gasteiger partial charge in [-0.2, -0.15) is 4.31 Å². The molecule has 0 N–H and O–H groups in total. The molecule has 0 amide bonds. The number of unbranched alkanes of at least 4 members (excludes halogenated alkanes) is 1. The molecule has 1 aliphatic heterocycles. The molecule has 1 atom stereocenters. The predicted octanol–water partition coefficient (Wildman–Crippen LogP) is 2.93. The van der Waals surface area contributed by atoms with E-state index in [1.807, 2.05) is 6.92 Å². The summed E-state index contributed by atoms with van der Waals surface area (Å²) in [5.41, 5.74) is 0.981.